The van der Waals surface area contributed by atoms with Crippen LogP contribution < -0.4 is 5.73 Å². The highest BCUT2D eigenvalue weighted by Crippen LogP contribution is 2.16. The van der Waals surface area contributed by atoms with Gasteiger partial charge in [0, 0.05) is 13.0 Å². The summed E-state index contributed by atoms with van der Waals surface area (Å²) in [7, 11) is 0. The minimum absolute atomic E-state index is 0.0847. The Labute approximate surface area is 98.4 Å². The lowest BCUT2D eigenvalue weighted by Crippen LogP contribution is -2.27. The Morgan fingerprint density at radius 3 is 2.75 bits per heavy atom. The van der Waals surface area contributed by atoms with Gasteiger partial charge in [0.2, 0.25) is 5.91 Å². The number of nitrogens with zero attached hydrogens (tertiary/aromatic N) is 1. The van der Waals surface area contributed by atoms with Gasteiger partial charge in [0.1, 0.15) is 0 Å². The summed E-state index contributed by atoms with van der Waals surface area (Å²) in [5.74, 6) is 2.60. The molecule has 3 nitrogen and oxygen atoms in total. The number of carbonyl (C=O) groups excluding carboxylic acids is 1. The van der Waals surface area contributed by atoms with Crippen molar-refractivity contribution in [1.29, 1.82) is 0 Å². The number of rotatable bonds is 7. The van der Waals surface area contributed by atoms with Crippen LogP contribution in [0.1, 0.15) is 38.5 Å². The van der Waals surface area contributed by atoms with Gasteiger partial charge >= 0.3 is 0 Å². The molecule has 0 aromatic rings. The second kappa shape index (κ2) is 7.29. The van der Waals surface area contributed by atoms with Gasteiger partial charge < -0.3 is 10.6 Å². The van der Waals surface area contributed by atoms with Gasteiger partial charge in [-0.15, -0.1) is 12.3 Å². The van der Waals surface area contributed by atoms with E-state index in [1.165, 1.54) is 19.3 Å². The van der Waals surface area contributed by atoms with Crippen LogP contribution in [-0.2, 0) is 4.79 Å². The zero-order chi connectivity index (χ0) is 11.8. The first-order valence-electron chi connectivity index (χ1n) is 6.19. The van der Waals surface area contributed by atoms with Gasteiger partial charge in [0.25, 0.3) is 0 Å². The van der Waals surface area contributed by atoms with Gasteiger partial charge in [0.05, 0.1) is 5.92 Å². The van der Waals surface area contributed by atoms with Gasteiger partial charge in [-0.05, 0) is 32.4 Å². The Morgan fingerprint density at radius 1 is 1.38 bits per heavy atom. The van der Waals surface area contributed by atoms with Crippen molar-refractivity contribution in [3.63, 3.8) is 0 Å². The van der Waals surface area contributed by atoms with E-state index in [2.05, 4.69) is 10.8 Å². The maximum atomic E-state index is 11.0. The Bertz CT molecular complexity index is 257. The molecular weight excluding hydrogens is 200 g/mol. The summed E-state index contributed by atoms with van der Waals surface area (Å²) in [6.07, 6.45) is 11.8. The van der Waals surface area contributed by atoms with E-state index in [-0.39, 0.29) is 11.8 Å². The number of nitrogens with two attached hydrogens (primary N) is 1. The highest BCUT2D eigenvalue weighted by atomic mass is 16.1. The molecular formula is C13H22N2O. The van der Waals surface area contributed by atoms with Crippen molar-refractivity contribution in [2.24, 2.45) is 11.7 Å². The smallest absolute Gasteiger partial charge is 0.221 e. The molecule has 0 bridgehead atoms. The predicted octanol–water partition coefficient (Wildman–Crippen LogP) is 1.38. The maximum absolute atomic E-state index is 11.0. The molecule has 90 valence electrons. The van der Waals surface area contributed by atoms with E-state index in [1.807, 2.05) is 0 Å². The molecule has 0 saturated carbocycles. The van der Waals surface area contributed by atoms with E-state index in [0.717, 1.165) is 38.9 Å². The highest BCUT2D eigenvalue weighted by Gasteiger charge is 2.25. The van der Waals surface area contributed by atoms with Crippen LogP contribution >= 0.6 is 0 Å². The number of carbonyl (C=O) groups is 1. The van der Waals surface area contributed by atoms with Crippen molar-refractivity contribution in [3.05, 3.63) is 0 Å². The van der Waals surface area contributed by atoms with Crippen LogP contribution in [0.4, 0.5) is 0 Å². The average molecular weight is 222 g/mol. The third kappa shape index (κ3) is 4.67. The van der Waals surface area contributed by atoms with Crippen molar-refractivity contribution in [1.82, 2.24) is 4.90 Å². The fraction of sp³-hybridized carbons (Fsp3) is 0.769. The maximum Gasteiger partial charge on any atom is 0.221 e. The monoisotopic (exact) mass is 222 g/mol. The number of amides is 1. The number of unbranched alkanes of at least 4 members (excludes halogenated alkanes) is 4. The van der Waals surface area contributed by atoms with E-state index in [0.29, 0.717) is 0 Å². The third-order valence-corrected chi connectivity index (χ3v) is 3.22. The summed E-state index contributed by atoms with van der Waals surface area (Å²) in [5, 5.41) is 0. The number of primary amides is 1. The Hall–Kier alpha value is -1.01. The zero-order valence-electron chi connectivity index (χ0n) is 9.95. The van der Waals surface area contributed by atoms with Crippen LogP contribution in [0.2, 0.25) is 0 Å². The van der Waals surface area contributed by atoms with E-state index in [9.17, 15) is 4.79 Å². The lowest BCUT2D eigenvalue weighted by atomic mass is 10.1. The van der Waals surface area contributed by atoms with E-state index in [1.54, 1.807) is 0 Å². The zero-order valence-corrected chi connectivity index (χ0v) is 9.95. The van der Waals surface area contributed by atoms with Crippen LogP contribution in [0.25, 0.3) is 0 Å². The van der Waals surface area contributed by atoms with E-state index in [4.69, 9.17) is 12.2 Å². The first kappa shape index (κ1) is 13.1. The molecule has 0 aromatic carbocycles. The van der Waals surface area contributed by atoms with Crippen LogP contribution in [-0.4, -0.2) is 30.4 Å². The predicted molar refractivity (Wildman–Crippen MR) is 65.7 cm³/mol. The van der Waals surface area contributed by atoms with E-state index < -0.39 is 0 Å². The summed E-state index contributed by atoms with van der Waals surface area (Å²) in [6, 6.07) is 0. The SMILES string of the molecule is C#CCCCCCCN1CCC(C(N)=O)C1. The largest absolute Gasteiger partial charge is 0.369 e. The van der Waals surface area contributed by atoms with Crippen molar-refractivity contribution in [2.75, 3.05) is 19.6 Å². The van der Waals surface area contributed by atoms with Crippen molar-refractivity contribution in [3.8, 4) is 12.3 Å². The number of hydrogen-bond acceptors (Lipinski definition) is 2. The fourth-order valence-electron chi connectivity index (χ4n) is 2.18. The molecule has 1 aliphatic rings. The molecule has 0 spiro atoms. The van der Waals surface area contributed by atoms with Crippen molar-refractivity contribution >= 4 is 5.91 Å². The molecule has 0 aromatic heterocycles. The van der Waals surface area contributed by atoms with Crippen LogP contribution in [0, 0.1) is 18.3 Å². The lowest BCUT2D eigenvalue weighted by molar-refractivity contribution is -0.121. The van der Waals surface area contributed by atoms with Crippen molar-refractivity contribution < 1.29 is 4.79 Å². The second-order valence-electron chi connectivity index (χ2n) is 4.56. The van der Waals surface area contributed by atoms with Crippen LogP contribution in [0.15, 0.2) is 0 Å². The summed E-state index contributed by atoms with van der Waals surface area (Å²) in [4.78, 5) is 13.3. The molecule has 1 atom stereocenters. The Balaban J connectivity index is 1.99. The molecule has 16 heavy (non-hydrogen) atoms. The number of hydrogen-bond donors (Lipinski definition) is 1. The van der Waals surface area contributed by atoms with Crippen LogP contribution in [0.5, 0.6) is 0 Å². The quantitative estimate of drug-likeness (QED) is 0.522. The fourth-order valence-corrected chi connectivity index (χ4v) is 2.18. The molecule has 1 rings (SSSR count). The molecule has 3 heteroatoms. The molecule has 1 saturated heterocycles. The minimum atomic E-state index is -0.142. The molecule has 0 radical (unpaired) electrons. The summed E-state index contributed by atoms with van der Waals surface area (Å²) >= 11 is 0. The highest BCUT2D eigenvalue weighted by molar-refractivity contribution is 5.77. The van der Waals surface area contributed by atoms with Gasteiger partial charge in [0.15, 0.2) is 0 Å². The topological polar surface area (TPSA) is 46.3 Å². The van der Waals surface area contributed by atoms with Gasteiger partial charge in [-0.2, -0.15) is 0 Å². The standard InChI is InChI=1S/C13H22N2O/c1-2-3-4-5-6-7-9-15-10-8-12(11-15)13(14)16/h1,12H,3-11H2,(H2,14,16). The summed E-state index contributed by atoms with van der Waals surface area (Å²) in [5.41, 5.74) is 5.29. The normalized spacial score (nSPS) is 20.8. The first-order valence-corrected chi connectivity index (χ1v) is 6.19. The molecule has 1 aliphatic heterocycles. The van der Waals surface area contributed by atoms with Crippen LogP contribution in [0.3, 0.4) is 0 Å². The van der Waals surface area contributed by atoms with Gasteiger partial charge in [-0.1, -0.05) is 12.8 Å². The number of likely N-dealkylation sites (tertiary alicyclic amines) is 1. The molecule has 1 unspecified atom stereocenters. The molecule has 1 amide bonds. The number of terminal acetylenes is 1. The molecule has 1 heterocycles. The molecule has 0 aliphatic carbocycles. The first-order chi connectivity index (χ1) is 7.74. The van der Waals surface area contributed by atoms with Gasteiger partial charge in [-0.3, -0.25) is 4.79 Å². The summed E-state index contributed by atoms with van der Waals surface area (Å²) in [6.45, 7) is 2.98. The van der Waals surface area contributed by atoms with Crippen molar-refractivity contribution in [2.45, 2.75) is 38.5 Å². The Kier molecular flexibility index (Phi) is 5.95. The second-order valence-corrected chi connectivity index (χ2v) is 4.56. The van der Waals surface area contributed by atoms with E-state index >= 15 is 0 Å². The molecule has 2 N–H and O–H groups in total. The lowest BCUT2D eigenvalue weighted by Gasteiger charge is -2.14. The Morgan fingerprint density at radius 2 is 2.12 bits per heavy atom. The van der Waals surface area contributed by atoms with Gasteiger partial charge in [-0.25, -0.2) is 0 Å². The molecule has 1 fully saturated rings. The summed E-state index contributed by atoms with van der Waals surface area (Å²) < 4.78 is 0. The average Bonchev–Trinajstić information content (AvgIpc) is 2.72. The third-order valence-electron chi connectivity index (χ3n) is 3.22. The minimum Gasteiger partial charge on any atom is -0.369 e.